The summed E-state index contributed by atoms with van der Waals surface area (Å²) in [5.41, 5.74) is -4.45. The average molecular weight is 423 g/mol. The molecule has 1 aromatic heterocycles. The minimum atomic E-state index is -5.42. The molecule has 3 N–H and O–H groups in total. The monoisotopic (exact) mass is 422 g/mol. The third-order valence-electron chi connectivity index (χ3n) is 4.16. The van der Waals surface area contributed by atoms with Gasteiger partial charge in [0.25, 0.3) is 0 Å². The summed E-state index contributed by atoms with van der Waals surface area (Å²) in [5, 5.41) is 15.0. The van der Waals surface area contributed by atoms with E-state index in [-0.39, 0.29) is 9.90 Å². The van der Waals surface area contributed by atoms with E-state index < -0.39 is 47.1 Å². The molecule has 2 amide bonds. The van der Waals surface area contributed by atoms with Gasteiger partial charge in [-0.2, -0.15) is 13.2 Å². The van der Waals surface area contributed by atoms with Crippen LogP contribution < -0.4 is 10.6 Å². The third kappa shape index (κ3) is 3.28. The summed E-state index contributed by atoms with van der Waals surface area (Å²) in [7, 11) is 0. The van der Waals surface area contributed by atoms with E-state index in [1.54, 1.807) is 0 Å². The highest BCUT2D eigenvalue weighted by Gasteiger charge is 2.66. The van der Waals surface area contributed by atoms with Crippen LogP contribution in [0.1, 0.15) is 21.3 Å². The predicted molar refractivity (Wildman–Crippen MR) is 89.0 cm³/mol. The summed E-state index contributed by atoms with van der Waals surface area (Å²) in [6.07, 6.45) is -5.42. The Morgan fingerprint density at radius 1 is 1.26 bits per heavy atom. The minimum Gasteiger partial charge on any atom is -0.363 e. The lowest BCUT2D eigenvalue weighted by Gasteiger charge is -2.45. The van der Waals surface area contributed by atoms with Crippen LogP contribution in [0.2, 0.25) is 5.02 Å². The smallest absolute Gasteiger partial charge is 0.363 e. The number of alkyl halides is 3. The lowest BCUT2D eigenvalue weighted by Crippen LogP contribution is -2.72. The molecule has 0 aliphatic carbocycles. The molecule has 0 spiro atoms. The van der Waals surface area contributed by atoms with Gasteiger partial charge in [-0.15, -0.1) is 11.3 Å². The highest BCUT2D eigenvalue weighted by atomic mass is 35.5. The Morgan fingerprint density at radius 3 is 2.52 bits per heavy atom. The van der Waals surface area contributed by atoms with Crippen LogP contribution in [0.3, 0.4) is 0 Å². The Hall–Kier alpha value is -2.17. The topological polar surface area (TPSA) is 78.4 Å². The first-order valence-corrected chi connectivity index (χ1v) is 8.71. The molecule has 27 heavy (non-hydrogen) atoms. The normalized spacial score (nSPS) is 25.6. The van der Waals surface area contributed by atoms with Gasteiger partial charge in [-0.1, -0.05) is 23.7 Å². The number of carbonyl (C=O) groups is 2. The predicted octanol–water partition coefficient (Wildman–Crippen LogP) is 3.64. The summed E-state index contributed by atoms with van der Waals surface area (Å²) in [6.45, 7) is 0. The molecule has 0 radical (unpaired) electrons. The first kappa shape index (κ1) is 19.6. The van der Waals surface area contributed by atoms with Gasteiger partial charge in [0.1, 0.15) is 11.7 Å². The molecule has 11 heteroatoms. The van der Waals surface area contributed by atoms with E-state index in [1.807, 2.05) is 0 Å². The lowest BCUT2D eigenvalue weighted by atomic mass is 9.78. The summed E-state index contributed by atoms with van der Waals surface area (Å²) in [5.74, 6) is -4.46. The maximum Gasteiger partial charge on any atom is 0.437 e. The number of benzene rings is 1. The van der Waals surface area contributed by atoms with E-state index in [9.17, 15) is 32.3 Å². The zero-order chi connectivity index (χ0) is 20.0. The molecule has 5 nitrogen and oxygen atoms in total. The second-order valence-corrected chi connectivity index (χ2v) is 7.15. The van der Waals surface area contributed by atoms with Crippen molar-refractivity contribution in [1.29, 1.82) is 0 Å². The van der Waals surface area contributed by atoms with Crippen molar-refractivity contribution < 1.29 is 32.3 Å². The van der Waals surface area contributed by atoms with Gasteiger partial charge in [0.2, 0.25) is 5.72 Å². The fraction of sp³-hybridized carbons (Fsp3) is 0.250. The molecular formula is C16H11ClF4N2O3S. The molecule has 0 bridgehead atoms. The summed E-state index contributed by atoms with van der Waals surface area (Å²) in [4.78, 5) is 24.6. The number of amides is 2. The van der Waals surface area contributed by atoms with Crippen LogP contribution in [-0.2, 0) is 0 Å². The molecule has 1 aromatic carbocycles. The number of hydrogen-bond acceptors (Lipinski definition) is 4. The zero-order valence-electron chi connectivity index (χ0n) is 13.2. The fourth-order valence-corrected chi connectivity index (χ4v) is 3.94. The number of rotatable bonds is 3. The largest absolute Gasteiger partial charge is 0.437 e. The molecule has 3 rings (SSSR count). The van der Waals surface area contributed by atoms with Gasteiger partial charge in [0.15, 0.2) is 5.78 Å². The van der Waals surface area contributed by atoms with Gasteiger partial charge in [0, 0.05) is 10.6 Å². The zero-order valence-corrected chi connectivity index (χ0v) is 14.8. The van der Waals surface area contributed by atoms with Gasteiger partial charge in [-0.25, -0.2) is 9.18 Å². The number of ketones is 1. The highest BCUT2D eigenvalue weighted by Crippen LogP contribution is 2.45. The van der Waals surface area contributed by atoms with Gasteiger partial charge in [-0.05, 0) is 23.6 Å². The van der Waals surface area contributed by atoms with Crippen molar-refractivity contribution in [3.63, 3.8) is 0 Å². The first-order valence-electron chi connectivity index (χ1n) is 7.45. The molecular weight excluding hydrogens is 412 g/mol. The number of thiophene rings is 1. The Kier molecular flexibility index (Phi) is 4.91. The van der Waals surface area contributed by atoms with Crippen molar-refractivity contribution in [2.24, 2.45) is 5.92 Å². The summed E-state index contributed by atoms with van der Waals surface area (Å²) in [6, 6.07) is 2.77. The van der Waals surface area contributed by atoms with Crippen molar-refractivity contribution in [3.05, 3.63) is 57.0 Å². The molecule has 144 valence electrons. The van der Waals surface area contributed by atoms with Gasteiger partial charge >= 0.3 is 12.2 Å². The number of aliphatic hydroxyl groups is 1. The number of halogens is 5. The van der Waals surface area contributed by atoms with E-state index in [0.717, 1.165) is 17.4 Å². The van der Waals surface area contributed by atoms with E-state index >= 15 is 0 Å². The lowest BCUT2D eigenvalue weighted by molar-refractivity contribution is -0.287. The number of hydrogen-bond donors (Lipinski definition) is 3. The fourth-order valence-electron chi connectivity index (χ4n) is 2.96. The second kappa shape index (κ2) is 6.77. The van der Waals surface area contributed by atoms with Crippen LogP contribution >= 0.6 is 22.9 Å². The number of urea groups is 1. The Labute approximate surface area is 158 Å². The Balaban J connectivity index is 2.23. The standard InChI is InChI=1S/C16H11ClF4N2O3S/c17-7-3-1-4-8(18)10(7)12-11(13(24)9-5-2-6-27-9)15(26,16(19,20)21)23-14(25)22-12/h1-6,11-12,26H,(H2,22,23,25)/t11-,12+,15-/m1/s1. The van der Waals surface area contributed by atoms with E-state index in [0.29, 0.717) is 0 Å². The van der Waals surface area contributed by atoms with Crippen LogP contribution in [0.15, 0.2) is 35.7 Å². The van der Waals surface area contributed by atoms with Gasteiger partial charge in [-0.3, -0.25) is 4.79 Å². The number of Topliss-reactive ketones (excluding diaryl/α,β-unsaturated/α-hetero) is 1. The summed E-state index contributed by atoms with van der Waals surface area (Å²) < 4.78 is 55.4. The minimum absolute atomic E-state index is 0.0990. The van der Waals surface area contributed by atoms with Crippen LogP contribution in [0.25, 0.3) is 0 Å². The Morgan fingerprint density at radius 2 is 1.96 bits per heavy atom. The van der Waals surface area contributed by atoms with Crippen LogP contribution in [0, 0.1) is 11.7 Å². The molecule has 1 aliphatic heterocycles. The Bertz CT molecular complexity index is 870. The van der Waals surface area contributed by atoms with Crippen molar-refractivity contribution >= 4 is 34.8 Å². The molecule has 3 atom stereocenters. The first-order chi connectivity index (χ1) is 12.6. The quantitative estimate of drug-likeness (QED) is 0.522. The molecule has 1 fully saturated rings. The highest BCUT2D eigenvalue weighted by molar-refractivity contribution is 7.12. The second-order valence-electron chi connectivity index (χ2n) is 5.79. The van der Waals surface area contributed by atoms with Crippen molar-refractivity contribution in [2.75, 3.05) is 0 Å². The number of carbonyl (C=O) groups excluding carboxylic acids is 2. The van der Waals surface area contributed by atoms with E-state index in [2.05, 4.69) is 5.32 Å². The molecule has 1 saturated heterocycles. The number of nitrogens with one attached hydrogen (secondary N) is 2. The van der Waals surface area contributed by atoms with Crippen LogP contribution in [-0.4, -0.2) is 28.8 Å². The van der Waals surface area contributed by atoms with E-state index in [1.165, 1.54) is 35.0 Å². The van der Waals surface area contributed by atoms with Crippen molar-refractivity contribution in [1.82, 2.24) is 10.6 Å². The van der Waals surface area contributed by atoms with Crippen LogP contribution in [0.4, 0.5) is 22.4 Å². The van der Waals surface area contributed by atoms with Gasteiger partial charge in [0.05, 0.1) is 10.9 Å². The van der Waals surface area contributed by atoms with Crippen LogP contribution in [0.5, 0.6) is 0 Å². The SMILES string of the molecule is O=C1N[C@@H](c2c(F)cccc2Cl)[C@H](C(=O)c2cccs2)[C@@](O)(C(F)(F)F)N1. The molecule has 0 saturated carbocycles. The van der Waals surface area contributed by atoms with E-state index in [4.69, 9.17) is 11.6 Å². The average Bonchev–Trinajstić information content (AvgIpc) is 3.07. The maximum absolute atomic E-state index is 14.4. The third-order valence-corrected chi connectivity index (χ3v) is 5.38. The van der Waals surface area contributed by atoms with Crippen molar-refractivity contribution in [2.45, 2.75) is 17.9 Å². The molecule has 2 aromatic rings. The maximum atomic E-state index is 14.4. The summed E-state index contributed by atoms with van der Waals surface area (Å²) >= 11 is 6.78. The van der Waals surface area contributed by atoms with Gasteiger partial charge < -0.3 is 15.7 Å². The molecule has 1 aliphatic rings. The molecule has 2 heterocycles. The molecule has 0 unspecified atom stereocenters. The van der Waals surface area contributed by atoms with Crippen molar-refractivity contribution in [3.8, 4) is 0 Å².